The van der Waals surface area contributed by atoms with Gasteiger partial charge in [-0.25, -0.2) is 0 Å². The first kappa shape index (κ1) is 26.4. The zero-order chi connectivity index (χ0) is 27.7. The Labute approximate surface area is 245 Å². The van der Waals surface area contributed by atoms with Crippen molar-refractivity contribution in [3.05, 3.63) is 133 Å². The Bertz CT molecular complexity index is 1860. The smallest absolute Gasteiger partial charge is 0.264 e. The van der Waals surface area contributed by atoms with Crippen molar-refractivity contribution in [1.82, 2.24) is 4.90 Å². The third kappa shape index (κ3) is 4.63. The first-order valence-electron chi connectivity index (χ1n) is 13.1. The molecule has 6 rings (SSSR count). The number of nitrogens with zero attached hydrogens (tertiary/aromatic N) is 1. The summed E-state index contributed by atoms with van der Waals surface area (Å²) in [4.78, 5) is 1.82. The van der Waals surface area contributed by atoms with Crippen LogP contribution in [0.25, 0.3) is 32.7 Å². The lowest BCUT2D eigenvalue weighted by Gasteiger charge is -2.29. The second-order valence-corrected chi connectivity index (χ2v) is 14.6. The molecular weight excluding hydrogens is 545 g/mol. The van der Waals surface area contributed by atoms with Crippen LogP contribution in [0.2, 0.25) is 0 Å². The Kier molecular flexibility index (Phi) is 7.25. The van der Waals surface area contributed by atoms with Gasteiger partial charge in [-0.05, 0) is 50.4 Å². The Balaban J connectivity index is 1.79. The van der Waals surface area contributed by atoms with Gasteiger partial charge in [-0.2, -0.15) is 0 Å². The van der Waals surface area contributed by atoms with E-state index in [-0.39, 0.29) is 0 Å². The van der Waals surface area contributed by atoms with E-state index in [0.29, 0.717) is 5.17 Å². The highest BCUT2D eigenvalue weighted by atomic mass is 32.4. The van der Waals surface area contributed by atoms with Gasteiger partial charge >= 0.3 is 0 Å². The Morgan fingerprint density at radius 3 is 1.60 bits per heavy atom. The van der Waals surface area contributed by atoms with E-state index in [2.05, 4.69) is 115 Å². The van der Waals surface area contributed by atoms with Gasteiger partial charge in [0.1, 0.15) is 5.75 Å². The summed E-state index contributed by atoms with van der Waals surface area (Å²) in [5.41, 5.74) is 2.11. The van der Waals surface area contributed by atoms with Gasteiger partial charge in [0.25, 0.3) is 5.17 Å². The van der Waals surface area contributed by atoms with Crippen LogP contribution in [0.15, 0.2) is 133 Å². The van der Waals surface area contributed by atoms with E-state index in [1.807, 2.05) is 37.2 Å². The van der Waals surface area contributed by atoms with Crippen LogP contribution in [0.3, 0.4) is 0 Å². The number of thiocarbonyl (C=S) groups is 1. The molecule has 0 atom stereocenters. The van der Waals surface area contributed by atoms with Crippen LogP contribution in [0, 0.1) is 0 Å². The van der Waals surface area contributed by atoms with Gasteiger partial charge in [0.15, 0.2) is 0 Å². The standard InChI is InChI=1S/C35H28NOPS2/c1-36(2)35(39)37-31-23-21-25-13-9-11-19-29(25)33(31)34-30-20-12-10-14-26(30)22-24-32(34)38(40,27-15-5-3-6-16-27)28-17-7-4-8-18-28/h3-24H,1-2H3. The summed E-state index contributed by atoms with van der Waals surface area (Å²) in [6.07, 6.45) is 0. The van der Waals surface area contributed by atoms with Crippen molar-refractivity contribution in [3.63, 3.8) is 0 Å². The van der Waals surface area contributed by atoms with Gasteiger partial charge < -0.3 is 9.64 Å². The zero-order valence-electron chi connectivity index (χ0n) is 22.3. The summed E-state index contributed by atoms with van der Waals surface area (Å²) in [7, 11) is 3.80. The Hall–Kier alpha value is -3.82. The van der Waals surface area contributed by atoms with Crippen LogP contribution in [0.4, 0.5) is 0 Å². The van der Waals surface area contributed by atoms with Crippen molar-refractivity contribution < 1.29 is 4.74 Å². The van der Waals surface area contributed by atoms with E-state index in [1.54, 1.807) is 0 Å². The molecular formula is C35H28NOPS2. The predicted molar refractivity (Wildman–Crippen MR) is 180 cm³/mol. The minimum absolute atomic E-state index is 0.406. The summed E-state index contributed by atoms with van der Waals surface area (Å²) in [6, 6.07) is 44.2. The average molecular weight is 574 g/mol. The molecule has 5 heteroatoms. The Morgan fingerprint density at radius 2 is 1.05 bits per heavy atom. The minimum atomic E-state index is -2.50. The van der Waals surface area contributed by atoms with Crippen molar-refractivity contribution in [3.8, 4) is 16.9 Å². The van der Waals surface area contributed by atoms with E-state index >= 15 is 0 Å². The molecule has 0 bridgehead atoms. The minimum Gasteiger partial charge on any atom is -0.431 e. The highest BCUT2D eigenvalue weighted by Gasteiger charge is 2.30. The van der Waals surface area contributed by atoms with Gasteiger partial charge in [-0.3, -0.25) is 0 Å². The maximum atomic E-state index is 6.88. The van der Waals surface area contributed by atoms with Gasteiger partial charge in [-0.15, -0.1) is 0 Å². The van der Waals surface area contributed by atoms with E-state index in [1.165, 1.54) is 0 Å². The number of hydrogen-bond acceptors (Lipinski definition) is 3. The zero-order valence-corrected chi connectivity index (χ0v) is 24.8. The average Bonchev–Trinajstić information content (AvgIpc) is 3.01. The summed E-state index contributed by atoms with van der Waals surface area (Å²) < 4.78 is 6.43. The topological polar surface area (TPSA) is 12.5 Å². The molecule has 196 valence electrons. The molecule has 6 aromatic rings. The van der Waals surface area contributed by atoms with Crippen LogP contribution in [-0.2, 0) is 11.8 Å². The van der Waals surface area contributed by atoms with Crippen LogP contribution in [0.1, 0.15) is 0 Å². The van der Waals surface area contributed by atoms with Crippen LogP contribution in [0.5, 0.6) is 5.75 Å². The normalized spacial score (nSPS) is 11.4. The molecule has 0 fully saturated rings. The van der Waals surface area contributed by atoms with Crippen molar-refractivity contribution in [2.45, 2.75) is 0 Å². The molecule has 0 aromatic heterocycles. The largest absolute Gasteiger partial charge is 0.431 e. The van der Waals surface area contributed by atoms with Gasteiger partial charge in [0.05, 0.1) is 0 Å². The Morgan fingerprint density at radius 1 is 0.575 bits per heavy atom. The summed E-state index contributed by atoms with van der Waals surface area (Å²) in [5.74, 6) is 0.720. The van der Waals surface area contributed by atoms with Gasteiger partial charge in [0, 0.05) is 36.6 Å². The maximum absolute atomic E-state index is 6.88. The fraction of sp³-hybridized carbons (Fsp3) is 0.0571. The van der Waals surface area contributed by atoms with Crippen LogP contribution >= 0.6 is 18.3 Å². The molecule has 40 heavy (non-hydrogen) atoms. The third-order valence-corrected chi connectivity index (χ3v) is 12.6. The fourth-order valence-electron chi connectivity index (χ4n) is 5.27. The van der Waals surface area contributed by atoms with E-state index in [0.717, 1.165) is 54.3 Å². The summed E-state index contributed by atoms with van der Waals surface area (Å²) >= 11 is 12.5. The number of ether oxygens (including phenoxy) is 1. The van der Waals surface area contributed by atoms with Gasteiger partial charge in [-0.1, -0.05) is 139 Å². The highest BCUT2D eigenvalue weighted by molar-refractivity contribution is 8.25. The monoisotopic (exact) mass is 573 g/mol. The van der Waals surface area contributed by atoms with Crippen molar-refractivity contribution in [2.24, 2.45) is 0 Å². The number of fused-ring (bicyclic) bond motifs is 2. The molecule has 0 N–H and O–H groups in total. The van der Waals surface area contributed by atoms with E-state index in [4.69, 9.17) is 28.8 Å². The molecule has 0 aliphatic rings. The molecule has 0 radical (unpaired) electrons. The van der Waals surface area contributed by atoms with Crippen LogP contribution in [-0.4, -0.2) is 24.2 Å². The number of benzene rings is 6. The van der Waals surface area contributed by atoms with Gasteiger partial charge in [0.2, 0.25) is 0 Å². The molecule has 0 aliphatic heterocycles. The molecule has 0 spiro atoms. The molecule has 0 heterocycles. The van der Waals surface area contributed by atoms with Crippen molar-refractivity contribution >= 4 is 72.7 Å². The first-order chi connectivity index (χ1) is 19.5. The first-order valence-corrected chi connectivity index (χ1v) is 16.3. The molecule has 0 aliphatic carbocycles. The highest BCUT2D eigenvalue weighted by Crippen LogP contribution is 2.50. The summed E-state index contributed by atoms with van der Waals surface area (Å²) in [5, 5.41) is 8.36. The molecule has 0 unspecified atom stereocenters. The second kappa shape index (κ2) is 11.0. The fourth-order valence-corrected chi connectivity index (χ4v) is 9.41. The quantitative estimate of drug-likeness (QED) is 0.155. The number of rotatable bonds is 5. The van der Waals surface area contributed by atoms with E-state index < -0.39 is 6.04 Å². The van der Waals surface area contributed by atoms with Crippen molar-refractivity contribution in [1.29, 1.82) is 0 Å². The predicted octanol–water partition coefficient (Wildman–Crippen LogP) is 7.64. The molecule has 2 nitrogen and oxygen atoms in total. The SMILES string of the molecule is CN(C)C(=S)Oc1ccc2ccccc2c1-c1c(P(=S)(c2ccccc2)c2ccccc2)ccc2ccccc12. The molecule has 0 saturated carbocycles. The molecule has 0 saturated heterocycles. The third-order valence-electron chi connectivity index (χ3n) is 7.19. The second-order valence-electron chi connectivity index (χ2n) is 9.88. The lowest BCUT2D eigenvalue weighted by atomic mass is 9.93. The van der Waals surface area contributed by atoms with E-state index in [9.17, 15) is 0 Å². The number of hydrogen-bond donors (Lipinski definition) is 0. The van der Waals surface area contributed by atoms with Crippen LogP contribution < -0.4 is 20.7 Å². The van der Waals surface area contributed by atoms with Crippen molar-refractivity contribution in [2.75, 3.05) is 14.1 Å². The lowest BCUT2D eigenvalue weighted by Crippen LogP contribution is -2.27. The lowest BCUT2D eigenvalue weighted by molar-refractivity contribution is 0.451. The summed E-state index contributed by atoms with van der Waals surface area (Å²) in [6.45, 7) is 0. The maximum Gasteiger partial charge on any atom is 0.264 e. The molecule has 6 aromatic carbocycles. The molecule has 0 amide bonds.